The Hall–Kier alpha value is -1.67. The molecule has 2 fully saturated rings. The minimum absolute atomic E-state index is 0.280. The van der Waals surface area contributed by atoms with Gasteiger partial charge in [-0.2, -0.15) is 0 Å². The topological polar surface area (TPSA) is 106 Å². The van der Waals surface area contributed by atoms with E-state index in [-0.39, 0.29) is 6.61 Å². The van der Waals surface area contributed by atoms with Crippen molar-refractivity contribution in [1.29, 1.82) is 0 Å². The first kappa shape index (κ1) is 16.2. The summed E-state index contributed by atoms with van der Waals surface area (Å²) in [5, 5.41) is 14.1. The summed E-state index contributed by atoms with van der Waals surface area (Å²) in [5.41, 5.74) is 9.74. The third-order valence-corrected chi connectivity index (χ3v) is 4.06. The lowest BCUT2D eigenvalue weighted by Gasteiger charge is -2.46. The molecule has 23 heavy (non-hydrogen) atoms. The van der Waals surface area contributed by atoms with Crippen molar-refractivity contribution >= 4 is 0 Å². The molecule has 0 saturated carbocycles. The largest absolute Gasteiger partial charge is 0.390 e. The van der Waals surface area contributed by atoms with Crippen LogP contribution in [0.1, 0.15) is 5.56 Å². The molecule has 2 saturated heterocycles. The number of aliphatic hydroxyl groups excluding tert-OH is 1. The van der Waals surface area contributed by atoms with E-state index in [1.54, 1.807) is 0 Å². The predicted octanol–water partition coefficient (Wildman–Crippen LogP) is 1.38. The van der Waals surface area contributed by atoms with Gasteiger partial charge in [0.1, 0.15) is 18.2 Å². The normalized spacial score (nSPS) is 36.8. The van der Waals surface area contributed by atoms with Crippen molar-refractivity contribution in [3.8, 4) is 0 Å². The summed E-state index contributed by atoms with van der Waals surface area (Å²) < 4.78 is 22.3. The molecule has 3 rings (SSSR count). The van der Waals surface area contributed by atoms with Gasteiger partial charge in [-0.25, -0.2) is 0 Å². The number of azide groups is 1. The van der Waals surface area contributed by atoms with Crippen molar-refractivity contribution in [3.63, 3.8) is 0 Å². The average Bonchev–Trinajstić information content (AvgIpc) is 2.58. The maximum atomic E-state index is 10.5. The molecule has 0 spiro atoms. The van der Waals surface area contributed by atoms with Crippen LogP contribution in [0.25, 0.3) is 10.4 Å². The van der Waals surface area contributed by atoms with Crippen molar-refractivity contribution in [2.45, 2.75) is 43.4 Å². The Kier molecular flexibility index (Phi) is 5.12. The summed E-state index contributed by atoms with van der Waals surface area (Å²) in [5.74, 6) is 0. The molecular weight excluding hydrogens is 302 g/mol. The number of aliphatic hydroxyl groups is 1. The van der Waals surface area contributed by atoms with Gasteiger partial charge in [-0.15, -0.1) is 0 Å². The highest BCUT2D eigenvalue weighted by molar-refractivity contribution is 5.15. The zero-order valence-corrected chi connectivity index (χ0v) is 12.7. The maximum absolute atomic E-state index is 10.5. The van der Waals surface area contributed by atoms with E-state index in [9.17, 15) is 5.11 Å². The number of hydrogen-bond donors (Lipinski definition) is 1. The SMILES string of the molecule is CO[C@@H]1O[C@H]2CO[C@H](Cc3ccccc3)O[C@H]2[C@@H](O)[C@@H]1N=[N+]=[N-]. The van der Waals surface area contributed by atoms with Crippen LogP contribution in [0.15, 0.2) is 35.4 Å². The number of rotatable bonds is 4. The molecular formula is C15H19N3O5. The lowest BCUT2D eigenvalue weighted by atomic mass is 9.96. The number of ether oxygens (including phenoxy) is 4. The molecule has 2 aliphatic heterocycles. The Bertz CT molecular complexity index is 565. The highest BCUT2D eigenvalue weighted by Gasteiger charge is 2.49. The van der Waals surface area contributed by atoms with Crippen LogP contribution >= 0.6 is 0 Å². The van der Waals surface area contributed by atoms with E-state index in [0.29, 0.717) is 6.42 Å². The molecule has 6 atom stereocenters. The fraction of sp³-hybridized carbons (Fsp3) is 0.600. The Labute approximate surface area is 133 Å². The van der Waals surface area contributed by atoms with Gasteiger partial charge in [0.2, 0.25) is 0 Å². The smallest absolute Gasteiger partial charge is 0.168 e. The number of hydrogen-bond acceptors (Lipinski definition) is 6. The average molecular weight is 321 g/mol. The minimum atomic E-state index is -1.02. The molecule has 0 radical (unpaired) electrons. The van der Waals surface area contributed by atoms with Crippen molar-refractivity contribution in [3.05, 3.63) is 46.3 Å². The Morgan fingerprint density at radius 1 is 1.35 bits per heavy atom. The van der Waals surface area contributed by atoms with Crippen LogP contribution in [0.2, 0.25) is 0 Å². The molecule has 8 nitrogen and oxygen atoms in total. The quantitative estimate of drug-likeness (QED) is 0.512. The number of methoxy groups -OCH3 is 1. The molecule has 1 aromatic rings. The second-order valence-electron chi connectivity index (χ2n) is 5.52. The van der Waals surface area contributed by atoms with E-state index >= 15 is 0 Å². The van der Waals surface area contributed by atoms with E-state index in [4.69, 9.17) is 24.5 Å². The minimum Gasteiger partial charge on any atom is -0.390 e. The zero-order valence-electron chi connectivity index (χ0n) is 12.7. The van der Waals surface area contributed by atoms with Crippen molar-refractivity contribution in [2.24, 2.45) is 5.11 Å². The standard InChI is InChI=1S/C15H19N3O5/c1-20-15-12(17-18-16)13(19)14-10(22-15)8-21-11(23-14)7-9-5-3-2-4-6-9/h2-6,10-15,19H,7-8H2,1H3/t10-,11-,12-,13-,14+,15+/m0/s1. The molecule has 0 amide bonds. The number of fused-ring (bicyclic) bond motifs is 1. The van der Waals surface area contributed by atoms with E-state index < -0.39 is 36.9 Å². The van der Waals surface area contributed by atoms with Crippen molar-refractivity contribution in [1.82, 2.24) is 0 Å². The lowest BCUT2D eigenvalue weighted by molar-refractivity contribution is -0.335. The van der Waals surface area contributed by atoms with Gasteiger partial charge in [0.25, 0.3) is 0 Å². The summed E-state index contributed by atoms with van der Waals surface area (Å²) >= 11 is 0. The molecule has 0 bridgehead atoms. The summed E-state index contributed by atoms with van der Waals surface area (Å²) in [6.45, 7) is 0.280. The Morgan fingerprint density at radius 2 is 2.13 bits per heavy atom. The second kappa shape index (κ2) is 7.27. The Balaban J connectivity index is 1.70. The van der Waals surface area contributed by atoms with Crippen LogP contribution in [-0.2, 0) is 25.4 Å². The second-order valence-corrected chi connectivity index (χ2v) is 5.52. The van der Waals surface area contributed by atoms with E-state index in [0.717, 1.165) is 5.56 Å². The van der Waals surface area contributed by atoms with E-state index in [1.807, 2.05) is 30.3 Å². The molecule has 2 aliphatic rings. The predicted molar refractivity (Wildman–Crippen MR) is 79.4 cm³/mol. The van der Waals surface area contributed by atoms with E-state index in [2.05, 4.69) is 10.0 Å². The lowest BCUT2D eigenvalue weighted by Crippen LogP contribution is -2.62. The molecule has 0 aliphatic carbocycles. The molecule has 0 unspecified atom stereocenters. The van der Waals surface area contributed by atoms with Gasteiger partial charge in [0, 0.05) is 18.4 Å². The van der Waals surface area contributed by atoms with Crippen LogP contribution in [0.3, 0.4) is 0 Å². The van der Waals surface area contributed by atoms with Crippen LogP contribution in [0, 0.1) is 0 Å². The zero-order chi connectivity index (χ0) is 16.2. The highest BCUT2D eigenvalue weighted by Crippen LogP contribution is 2.31. The summed E-state index contributed by atoms with van der Waals surface area (Å²) in [6, 6.07) is 8.94. The van der Waals surface area contributed by atoms with Gasteiger partial charge >= 0.3 is 0 Å². The maximum Gasteiger partial charge on any atom is 0.168 e. The van der Waals surface area contributed by atoms with Gasteiger partial charge in [-0.1, -0.05) is 35.4 Å². The van der Waals surface area contributed by atoms with Crippen molar-refractivity contribution in [2.75, 3.05) is 13.7 Å². The van der Waals surface area contributed by atoms with Crippen LogP contribution in [-0.4, -0.2) is 55.8 Å². The third kappa shape index (κ3) is 3.48. The molecule has 124 valence electrons. The molecule has 2 heterocycles. The fourth-order valence-electron chi connectivity index (χ4n) is 2.92. The fourth-order valence-corrected chi connectivity index (χ4v) is 2.92. The molecule has 1 N–H and O–H groups in total. The third-order valence-electron chi connectivity index (χ3n) is 4.06. The van der Waals surface area contributed by atoms with Crippen LogP contribution in [0.5, 0.6) is 0 Å². The first-order valence-corrected chi connectivity index (χ1v) is 7.44. The van der Waals surface area contributed by atoms with Gasteiger partial charge in [0.15, 0.2) is 12.6 Å². The molecule has 8 heteroatoms. The molecule has 1 aromatic carbocycles. The first-order chi connectivity index (χ1) is 11.2. The van der Waals surface area contributed by atoms with Gasteiger partial charge in [-0.3, -0.25) is 0 Å². The van der Waals surface area contributed by atoms with Gasteiger partial charge in [-0.05, 0) is 11.1 Å². The highest BCUT2D eigenvalue weighted by atomic mass is 16.7. The van der Waals surface area contributed by atoms with Gasteiger partial charge < -0.3 is 24.1 Å². The monoisotopic (exact) mass is 321 g/mol. The Morgan fingerprint density at radius 3 is 2.83 bits per heavy atom. The van der Waals surface area contributed by atoms with Crippen LogP contribution in [0.4, 0.5) is 0 Å². The van der Waals surface area contributed by atoms with E-state index in [1.165, 1.54) is 7.11 Å². The summed E-state index contributed by atoms with van der Waals surface area (Å²) in [6.07, 6.45) is -2.84. The summed E-state index contributed by atoms with van der Waals surface area (Å²) in [7, 11) is 1.43. The number of nitrogens with zero attached hydrogens (tertiary/aromatic N) is 3. The molecule has 0 aromatic heterocycles. The number of benzene rings is 1. The summed E-state index contributed by atoms with van der Waals surface area (Å²) in [4.78, 5) is 2.75. The van der Waals surface area contributed by atoms with Crippen molar-refractivity contribution < 1.29 is 24.1 Å². The first-order valence-electron chi connectivity index (χ1n) is 7.44. The van der Waals surface area contributed by atoms with Crippen LogP contribution < -0.4 is 0 Å². The van der Waals surface area contributed by atoms with Gasteiger partial charge in [0.05, 0.1) is 12.7 Å².